The van der Waals surface area contributed by atoms with E-state index in [-0.39, 0.29) is 0 Å². The highest BCUT2D eigenvalue weighted by Crippen LogP contribution is 2.17. The molecule has 0 saturated carbocycles. The second-order valence-electron chi connectivity index (χ2n) is 1.84. The summed E-state index contributed by atoms with van der Waals surface area (Å²) < 4.78 is 0.816. The zero-order valence-electron chi connectivity index (χ0n) is 5.14. The number of alkyl halides is 1. The molecule has 0 aliphatic heterocycles. The van der Waals surface area contributed by atoms with E-state index in [9.17, 15) is 0 Å². The maximum Gasteiger partial charge on any atom is 0.106 e. The Morgan fingerprint density at radius 2 is 2.30 bits per heavy atom. The molecule has 1 heterocycles. The molecule has 54 valence electrons. The largest absolute Gasteiger partial charge is 0.397 e. The lowest BCUT2D eigenvalue weighted by molar-refractivity contribution is 1.24. The molecule has 0 amide bonds. The smallest absolute Gasteiger partial charge is 0.106 e. The normalized spacial score (nSPS) is 9.80. The van der Waals surface area contributed by atoms with Crippen LogP contribution in [0.15, 0.2) is 16.9 Å². The molecular formula is C6H6Br2N2. The number of rotatable bonds is 1. The number of hydrogen-bond donors (Lipinski definition) is 1. The molecule has 1 rings (SSSR count). The van der Waals surface area contributed by atoms with E-state index in [1.165, 1.54) is 0 Å². The molecular weight excluding hydrogens is 260 g/mol. The van der Waals surface area contributed by atoms with E-state index < -0.39 is 0 Å². The molecule has 0 aliphatic rings. The van der Waals surface area contributed by atoms with E-state index in [0.29, 0.717) is 0 Å². The molecule has 0 aliphatic carbocycles. The van der Waals surface area contributed by atoms with Gasteiger partial charge in [0.05, 0.1) is 11.9 Å². The minimum atomic E-state index is 0.722. The van der Waals surface area contributed by atoms with E-state index in [1.807, 2.05) is 6.07 Å². The van der Waals surface area contributed by atoms with Crippen LogP contribution in [0.3, 0.4) is 0 Å². The third-order valence-corrected chi connectivity index (χ3v) is 2.17. The average Bonchev–Trinajstić information content (AvgIpc) is 1.94. The van der Waals surface area contributed by atoms with Gasteiger partial charge in [-0.1, -0.05) is 15.9 Å². The van der Waals surface area contributed by atoms with Crippen LogP contribution >= 0.6 is 31.9 Å². The summed E-state index contributed by atoms with van der Waals surface area (Å²) >= 11 is 6.56. The predicted octanol–water partition coefficient (Wildman–Crippen LogP) is 2.32. The molecule has 1 aromatic rings. The Labute approximate surface area is 76.1 Å². The van der Waals surface area contributed by atoms with Crippen molar-refractivity contribution in [3.63, 3.8) is 0 Å². The zero-order chi connectivity index (χ0) is 7.56. The number of anilines is 1. The van der Waals surface area contributed by atoms with Gasteiger partial charge in [0, 0.05) is 5.33 Å². The molecule has 0 fully saturated rings. The van der Waals surface area contributed by atoms with Crippen molar-refractivity contribution in [2.24, 2.45) is 0 Å². The Balaban J connectivity index is 3.09. The molecule has 0 bridgehead atoms. The SMILES string of the molecule is Nc1cnc(Br)cc1CBr. The number of hydrogen-bond acceptors (Lipinski definition) is 2. The summed E-state index contributed by atoms with van der Waals surface area (Å²) in [6.45, 7) is 0. The van der Waals surface area contributed by atoms with Crippen LogP contribution in [0.25, 0.3) is 0 Å². The summed E-state index contributed by atoms with van der Waals surface area (Å²) in [6, 6.07) is 1.89. The number of pyridine rings is 1. The number of nitrogen functional groups attached to an aromatic ring is 1. The molecule has 1 aromatic heterocycles. The first kappa shape index (κ1) is 8.01. The molecule has 0 atom stereocenters. The fourth-order valence-corrected chi connectivity index (χ4v) is 1.46. The van der Waals surface area contributed by atoms with Crippen LogP contribution in [0.2, 0.25) is 0 Å². The first-order valence-electron chi connectivity index (χ1n) is 2.70. The highest BCUT2D eigenvalue weighted by molar-refractivity contribution is 9.10. The molecule has 0 unspecified atom stereocenters. The van der Waals surface area contributed by atoms with Crippen molar-refractivity contribution in [1.82, 2.24) is 4.98 Å². The number of nitrogens with two attached hydrogens (primary N) is 1. The molecule has 4 heteroatoms. The average molecular weight is 266 g/mol. The Hall–Kier alpha value is -0.0900. The Kier molecular flexibility index (Phi) is 2.68. The highest BCUT2D eigenvalue weighted by atomic mass is 79.9. The predicted molar refractivity (Wildman–Crippen MR) is 49.0 cm³/mol. The quantitative estimate of drug-likeness (QED) is 0.625. The van der Waals surface area contributed by atoms with Gasteiger partial charge in [-0.2, -0.15) is 0 Å². The maximum absolute atomic E-state index is 5.59. The van der Waals surface area contributed by atoms with Crippen molar-refractivity contribution in [3.05, 3.63) is 22.4 Å². The van der Waals surface area contributed by atoms with Gasteiger partial charge in [-0.25, -0.2) is 4.98 Å². The van der Waals surface area contributed by atoms with Gasteiger partial charge in [-0.3, -0.25) is 0 Å². The van der Waals surface area contributed by atoms with Crippen LogP contribution in [0.5, 0.6) is 0 Å². The lowest BCUT2D eigenvalue weighted by atomic mass is 10.3. The molecule has 0 saturated heterocycles. The summed E-state index contributed by atoms with van der Waals surface area (Å²) in [5, 5.41) is 0.764. The van der Waals surface area contributed by atoms with Crippen LogP contribution in [0, 0.1) is 0 Å². The molecule has 0 radical (unpaired) electrons. The van der Waals surface area contributed by atoms with E-state index in [0.717, 1.165) is 21.2 Å². The van der Waals surface area contributed by atoms with E-state index in [1.54, 1.807) is 6.20 Å². The second kappa shape index (κ2) is 3.34. The number of nitrogens with zero attached hydrogens (tertiary/aromatic N) is 1. The molecule has 2 nitrogen and oxygen atoms in total. The first-order valence-corrected chi connectivity index (χ1v) is 4.61. The third kappa shape index (κ3) is 1.70. The Morgan fingerprint density at radius 1 is 1.60 bits per heavy atom. The summed E-state index contributed by atoms with van der Waals surface area (Å²) in [4.78, 5) is 3.96. The van der Waals surface area contributed by atoms with Crippen LogP contribution in [-0.2, 0) is 5.33 Å². The van der Waals surface area contributed by atoms with Crippen molar-refractivity contribution in [1.29, 1.82) is 0 Å². The molecule has 2 N–H and O–H groups in total. The van der Waals surface area contributed by atoms with Gasteiger partial charge in [0.15, 0.2) is 0 Å². The lowest BCUT2D eigenvalue weighted by Gasteiger charge is -1.99. The third-order valence-electron chi connectivity index (χ3n) is 1.14. The summed E-state index contributed by atoms with van der Waals surface area (Å²) in [6.07, 6.45) is 1.64. The monoisotopic (exact) mass is 264 g/mol. The van der Waals surface area contributed by atoms with Gasteiger partial charge in [-0.15, -0.1) is 0 Å². The van der Waals surface area contributed by atoms with Crippen molar-refractivity contribution in [2.45, 2.75) is 5.33 Å². The van der Waals surface area contributed by atoms with Gasteiger partial charge in [-0.05, 0) is 27.6 Å². The minimum Gasteiger partial charge on any atom is -0.397 e. The van der Waals surface area contributed by atoms with E-state index >= 15 is 0 Å². The summed E-state index contributed by atoms with van der Waals surface area (Å²) in [5.41, 5.74) is 7.37. The minimum absolute atomic E-state index is 0.722. The standard InChI is InChI=1S/C6H6Br2N2/c7-2-4-1-6(8)10-3-5(4)9/h1,3H,2,9H2. The van der Waals surface area contributed by atoms with Crippen LogP contribution < -0.4 is 5.73 Å². The number of aromatic nitrogens is 1. The highest BCUT2D eigenvalue weighted by Gasteiger charge is 1.97. The van der Waals surface area contributed by atoms with Crippen molar-refractivity contribution < 1.29 is 0 Å². The van der Waals surface area contributed by atoms with Crippen molar-refractivity contribution in [3.8, 4) is 0 Å². The maximum atomic E-state index is 5.59. The van der Waals surface area contributed by atoms with Gasteiger partial charge >= 0.3 is 0 Å². The van der Waals surface area contributed by atoms with Gasteiger partial charge < -0.3 is 5.73 Å². The van der Waals surface area contributed by atoms with Crippen molar-refractivity contribution in [2.75, 3.05) is 5.73 Å². The molecule has 0 aromatic carbocycles. The van der Waals surface area contributed by atoms with Gasteiger partial charge in [0.2, 0.25) is 0 Å². The first-order chi connectivity index (χ1) is 4.74. The number of halogens is 2. The van der Waals surface area contributed by atoms with Crippen molar-refractivity contribution >= 4 is 37.5 Å². The molecule has 0 spiro atoms. The summed E-state index contributed by atoms with van der Waals surface area (Å²) in [7, 11) is 0. The molecule has 10 heavy (non-hydrogen) atoms. The topological polar surface area (TPSA) is 38.9 Å². The zero-order valence-corrected chi connectivity index (χ0v) is 8.31. The second-order valence-corrected chi connectivity index (χ2v) is 3.21. The van der Waals surface area contributed by atoms with Crippen LogP contribution in [0.1, 0.15) is 5.56 Å². The fraction of sp³-hybridized carbons (Fsp3) is 0.167. The Morgan fingerprint density at radius 3 is 2.80 bits per heavy atom. The van der Waals surface area contributed by atoms with Crippen LogP contribution in [0.4, 0.5) is 5.69 Å². The van der Waals surface area contributed by atoms with Crippen LogP contribution in [-0.4, -0.2) is 4.98 Å². The lowest BCUT2D eigenvalue weighted by Crippen LogP contribution is -1.92. The summed E-state index contributed by atoms with van der Waals surface area (Å²) in [5.74, 6) is 0. The van der Waals surface area contributed by atoms with Gasteiger partial charge in [0.1, 0.15) is 4.60 Å². The van der Waals surface area contributed by atoms with Gasteiger partial charge in [0.25, 0.3) is 0 Å². The van der Waals surface area contributed by atoms with E-state index in [2.05, 4.69) is 36.8 Å². The Bertz CT molecular complexity index is 237. The fourth-order valence-electron chi connectivity index (χ4n) is 0.594. The van der Waals surface area contributed by atoms with E-state index in [4.69, 9.17) is 5.73 Å².